The maximum Gasteiger partial charge on any atom is 0.185 e. The molecule has 1 aliphatic rings. The molecule has 0 radical (unpaired) electrons. The van der Waals surface area contributed by atoms with E-state index in [4.69, 9.17) is 0 Å². The summed E-state index contributed by atoms with van der Waals surface area (Å²) in [6.45, 7) is 6.14. The Morgan fingerprint density at radius 3 is 2.61 bits per heavy atom. The van der Waals surface area contributed by atoms with Gasteiger partial charge in [-0.05, 0) is 32.6 Å². The summed E-state index contributed by atoms with van der Waals surface area (Å²) in [6.07, 6.45) is 4.87. The largest absolute Gasteiger partial charge is 0.388 e. The highest BCUT2D eigenvalue weighted by Gasteiger charge is 2.27. The minimum atomic E-state index is -0.409. The number of aromatic nitrogens is 1. The highest BCUT2D eigenvalue weighted by atomic mass is 32.1. The average molecular weight is 268 g/mol. The predicted molar refractivity (Wildman–Crippen MR) is 77.3 cm³/mol. The van der Waals surface area contributed by atoms with E-state index in [1.54, 1.807) is 11.3 Å². The Balaban J connectivity index is 2.17. The lowest BCUT2D eigenvalue weighted by atomic mass is 9.85. The molecule has 0 spiro atoms. The van der Waals surface area contributed by atoms with Crippen molar-refractivity contribution in [2.45, 2.75) is 58.6 Å². The maximum atomic E-state index is 9.71. The van der Waals surface area contributed by atoms with E-state index >= 15 is 0 Å². The third kappa shape index (κ3) is 2.69. The Hall–Kier alpha value is -0.610. The zero-order valence-electron chi connectivity index (χ0n) is 11.8. The van der Waals surface area contributed by atoms with Crippen molar-refractivity contribution in [2.24, 2.45) is 5.92 Å². The second kappa shape index (κ2) is 5.57. The van der Waals surface area contributed by atoms with E-state index in [0.29, 0.717) is 6.04 Å². The molecule has 1 heterocycles. The van der Waals surface area contributed by atoms with Gasteiger partial charge < -0.3 is 10.0 Å². The van der Waals surface area contributed by atoms with E-state index in [0.717, 1.165) is 21.6 Å². The van der Waals surface area contributed by atoms with Crippen molar-refractivity contribution in [1.29, 1.82) is 0 Å². The molecule has 0 aliphatic heterocycles. The normalized spacial score (nSPS) is 26.1. The summed E-state index contributed by atoms with van der Waals surface area (Å²) in [5.74, 6) is 0.739. The van der Waals surface area contributed by atoms with Gasteiger partial charge in [0, 0.05) is 13.1 Å². The lowest BCUT2D eigenvalue weighted by molar-refractivity contribution is 0.202. The first-order valence-corrected chi connectivity index (χ1v) is 7.70. The van der Waals surface area contributed by atoms with Gasteiger partial charge in [0.05, 0.1) is 16.7 Å². The van der Waals surface area contributed by atoms with Gasteiger partial charge in [-0.2, -0.15) is 0 Å². The third-order valence-electron chi connectivity index (χ3n) is 4.07. The van der Waals surface area contributed by atoms with Crippen LogP contribution in [0.1, 0.15) is 56.2 Å². The average Bonchev–Trinajstić information content (AvgIpc) is 2.71. The number of hydrogen-bond acceptors (Lipinski definition) is 4. The minimum Gasteiger partial charge on any atom is -0.388 e. The summed E-state index contributed by atoms with van der Waals surface area (Å²) in [6, 6.07) is 0.603. The Morgan fingerprint density at radius 1 is 1.39 bits per heavy atom. The molecule has 18 heavy (non-hydrogen) atoms. The second-order valence-electron chi connectivity index (χ2n) is 5.56. The van der Waals surface area contributed by atoms with Crippen molar-refractivity contribution >= 4 is 16.5 Å². The lowest BCUT2D eigenvalue weighted by Crippen LogP contribution is -2.38. The van der Waals surface area contributed by atoms with Crippen molar-refractivity contribution in [3.8, 4) is 0 Å². The van der Waals surface area contributed by atoms with Crippen LogP contribution in [0.3, 0.4) is 0 Å². The van der Waals surface area contributed by atoms with Crippen LogP contribution in [0.4, 0.5) is 5.13 Å². The highest BCUT2D eigenvalue weighted by Crippen LogP contribution is 2.35. The third-order valence-corrected chi connectivity index (χ3v) is 5.48. The second-order valence-corrected chi connectivity index (χ2v) is 6.57. The first-order chi connectivity index (χ1) is 8.50. The molecule has 1 aromatic heterocycles. The first-order valence-electron chi connectivity index (χ1n) is 6.89. The van der Waals surface area contributed by atoms with E-state index in [-0.39, 0.29) is 0 Å². The van der Waals surface area contributed by atoms with Gasteiger partial charge in [-0.1, -0.05) is 31.1 Å². The quantitative estimate of drug-likeness (QED) is 0.911. The van der Waals surface area contributed by atoms with Crippen molar-refractivity contribution in [1.82, 2.24) is 4.98 Å². The van der Waals surface area contributed by atoms with Crippen LogP contribution in [0.15, 0.2) is 0 Å². The molecule has 3 atom stereocenters. The molecule has 1 aromatic rings. The van der Waals surface area contributed by atoms with Crippen LogP contribution in [0, 0.1) is 12.8 Å². The van der Waals surface area contributed by atoms with Gasteiger partial charge in [-0.3, -0.25) is 0 Å². The van der Waals surface area contributed by atoms with Gasteiger partial charge in [0.1, 0.15) is 0 Å². The molecule has 0 aromatic carbocycles. The van der Waals surface area contributed by atoms with Crippen molar-refractivity contribution in [2.75, 3.05) is 11.9 Å². The van der Waals surface area contributed by atoms with Crippen LogP contribution in [0.25, 0.3) is 0 Å². The molecule has 1 saturated carbocycles. The van der Waals surface area contributed by atoms with Crippen LogP contribution < -0.4 is 4.90 Å². The van der Waals surface area contributed by atoms with Crippen molar-refractivity contribution < 1.29 is 5.11 Å². The van der Waals surface area contributed by atoms with Gasteiger partial charge in [0.15, 0.2) is 5.13 Å². The fraction of sp³-hybridized carbons (Fsp3) is 0.786. The number of aryl methyl sites for hydroxylation is 1. The van der Waals surface area contributed by atoms with E-state index in [1.807, 2.05) is 13.8 Å². The van der Waals surface area contributed by atoms with Gasteiger partial charge in [-0.15, -0.1) is 0 Å². The van der Waals surface area contributed by atoms with Gasteiger partial charge in [0.25, 0.3) is 0 Å². The summed E-state index contributed by atoms with van der Waals surface area (Å²) < 4.78 is 0. The van der Waals surface area contributed by atoms with Gasteiger partial charge >= 0.3 is 0 Å². The Morgan fingerprint density at radius 2 is 2.06 bits per heavy atom. The smallest absolute Gasteiger partial charge is 0.185 e. The van der Waals surface area contributed by atoms with Crippen LogP contribution in [-0.2, 0) is 0 Å². The Bertz CT molecular complexity index is 402. The maximum absolute atomic E-state index is 9.71. The van der Waals surface area contributed by atoms with Crippen LogP contribution in [0.5, 0.6) is 0 Å². The summed E-state index contributed by atoms with van der Waals surface area (Å²) in [7, 11) is 2.15. The molecule has 4 heteroatoms. The van der Waals surface area contributed by atoms with Crippen LogP contribution >= 0.6 is 11.3 Å². The fourth-order valence-corrected chi connectivity index (χ4v) is 3.97. The van der Waals surface area contributed by atoms with E-state index in [1.165, 1.54) is 25.7 Å². The summed E-state index contributed by atoms with van der Waals surface area (Å²) in [4.78, 5) is 7.95. The van der Waals surface area contributed by atoms with Crippen LogP contribution in [-0.4, -0.2) is 23.2 Å². The minimum absolute atomic E-state index is 0.409. The molecule has 3 nitrogen and oxygen atoms in total. The fourth-order valence-electron chi connectivity index (χ4n) is 2.95. The first kappa shape index (κ1) is 13.8. The Labute approximate surface area is 114 Å². The topological polar surface area (TPSA) is 36.4 Å². The number of anilines is 1. The SMILES string of the molecule is Cc1nc(N(C)C2CCCCC2C)sc1C(C)O. The number of nitrogens with zero attached hydrogens (tertiary/aromatic N) is 2. The molecule has 0 saturated heterocycles. The molecule has 3 unspecified atom stereocenters. The van der Waals surface area contributed by atoms with Gasteiger partial charge in [-0.25, -0.2) is 4.98 Å². The highest BCUT2D eigenvalue weighted by molar-refractivity contribution is 7.15. The zero-order valence-corrected chi connectivity index (χ0v) is 12.6. The van der Waals surface area contributed by atoms with Crippen LogP contribution in [0.2, 0.25) is 0 Å². The summed E-state index contributed by atoms with van der Waals surface area (Å²) in [5, 5.41) is 10.8. The molecule has 0 amide bonds. The lowest BCUT2D eigenvalue weighted by Gasteiger charge is -2.36. The summed E-state index contributed by atoms with van der Waals surface area (Å²) in [5.41, 5.74) is 0.973. The van der Waals surface area contributed by atoms with Crippen molar-refractivity contribution in [3.63, 3.8) is 0 Å². The number of thiazole rings is 1. The molecular weight excluding hydrogens is 244 g/mol. The molecule has 102 valence electrons. The molecule has 1 N–H and O–H groups in total. The number of aliphatic hydroxyl groups excluding tert-OH is 1. The number of rotatable bonds is 3. The number of aliphatic hydroxyl groups is 1. The number of hydrogen-bond donors (Lipinski definition) is 1. The van der Waals surface area contributed by atoms with Gasteiger partial charge in [0.2, 0.25) is 0 Å². The molecular formula is C14H24N2OS. The molecule has 2 rings (SSSR count). The van der Waals surface area contributed by atoms with Crippen molar-refractivity contribution in [3.05, 3.63) is 10.6 Å². The monoisotopic (exact) mass is 268 g/mol. The molecule has 0 bridgehead atoms. The molecule has 1 aliphatic carbocycles. The Kier molecular flexibility index (Phi) is 4.28. The van der Waals surface area contributed by atoms with E-state index in [9.17, 15) is 5.11 Å². The zero-order chi connectivity index (χ0) is 13.3. The molecule has 1 fully saturated rings. The standard InChI is InChI=1S/C14H24N2OS/c1-9-7-5-6-8-12(9)16(4)14-15-10(2)13(18-14)11(3)17/h9,11-12,17H,5-8H2,1-4H3. The van der Waals surface area contributed by atoms with E-state index in [2.05, 4.69) is 23.9 Å². The summed E-state index contributed by atoms with van der Waals surface area (Å²) >= 11 is 1.64. The predicted octanol–water partition coefficient (Wildman–Crippen LogP) is 3.52. The van der Waals surface area contributed by atoms with E-state index < -0.39 is 6.10 Å².